The van der Waals surface area contributed by atoms with Crippen molar-refractivity contribution < 1.29 is 9.59 Å². The molecule has 0 aromatic rings. The van der Waals surface area contributed by atoms with Gasteiger partial charge in [0.05, 0.1) is 0 Å². The molecule has 0 aromatic carbocycles. The standard InChI is InChI=1S/C17H31N3O2/c1-3-19(4-2)17(22)15-6-5-13-20(15)16(21)8-7-14-9-11-18-12-10-14/h14-15,18H,3-13H2,1-2H3. The molecule has 1 atom stereocenters. The molecule has 0 radical (unpaired) electrons. The van der Waals surface area contributed by atoms with Crippen molar-refractivity contribution in [2.75, 3.05) is 32.7 Å². The van der Waals surface area contributed by atoms with Gasteiger partial charge >= 0.3 is 0 Å². The zero-order chi connectivity index (χ0) is 15.9. The van der Waals surface area contributed by atoms with Gasteiger partial charge in [-0.3, -0.25) is 9.59 Å². The van der Waals surface area contributed by atoms with E-state index in [0.717, 1.165) is 52.0 Å². The second kappa shape index (κ2) is 8.51. The molecule has 2 saturated heterocycles. The molecule has 5 nitrogen and oxygen atoms in total. The Balaban J connectivity index is 1.86. The van der Waals surface area contributed by atoms with Crippen LogP contribution in [0.2, 0.25) is 0 Å². The van der Waals surface area contributed by atoms with E-state index in [9.17, 15) is 9.59 Å². The van der Waals surface area contributed by atoms with Crippen LogP contribution in [0.5, 0.6) is 0 Å². The van der Waals surface area contributed by atoms with E-state index >= 15 is 0 Å². The van der Waals surface area contributed by atoms with Gasteiger partial charge in [0, 0.05) is 26.1 Å². The normalized spacial score (nSPS) is 22.8. The third-order valence-electron chi connectivity index (χ3n) is 5.16. The highest BCUT2D eigenvalue weighted by molar-refractivity contribution is 5.88. The van der Waals surface area contributed by atoms with Gasteiger partial charge in [-0.15, -0.1) is 0 Å². The Morgan fingerprint density at radius 1 is 1.14 bits per heavy atom. The largest absolute Gasteiger partial charge is 0.341 e. The predicted molar refractivity (Wildman–Crippen MR) is 87.5 cm³/mol. The summed E-state index contributed by atoms with van der Waals surface area (Å²) in [6, 6.07) is -0.208. The number of rotatable bonds is 6. The monoisotopic (exact) mass is 309 g/mol. The average molecular weight is 309 g/mol. The summed E-state index contributed by atoms with van der Waals surface area (Å²) < 4.78 is 0. The Hall–Kier alpha value is -1.10. The quantitative estimate of drug-likeness (QED) is 0.811. The van der Waals surface area contributed by atoms with E-state index in [1.165, 1.54) is 12.8 Å². The molecule has 126 valence electrons. The maximum Gasteiger partial charge on any atom is 0.245 e. The highest BCUT2D eigenvalue weighted by atomic mass is 16.2. The summed E-state index contributed by atoms with van der Waals surface area (Å²) in [6.45, 7) is 8.35. The molecular weight excluding hydrogens is 278 g/mol. The Kier molecular flexibility index (Phi) is 6.68. The van der Waals surface area contributed by atoms with Crippen LogP contribution in [-0.4, -0.2) is 60.4 Å². The molecule has 2 heterocycles. The summed E-state index contributed by atoms with van der Waals surface area (Å²) in [5, 5.41) is 3.36. The molecule has 2 aliphatic heterocycles. The molecule has 0 spiro atoms. The van der Waals surface area contributed by atoms with Crippen molar-refractivity contribution in [2.24, 2.45) is 5.92 Å². The third kappa shape index (κ3) is 4.22. The number of nitrogens with one attached hydrogen (secondary N) is 1. The number of nitrogens with zero attached hydrogens (tertiary/aromatic N) is 2. The van der Waals surface area contributed by atoms with Crippen LogP contribution in [0.4, 0.5) is 0 Å². The lowest BCUT2D eigenvalue weighted by atomic mass is 9.93. The van der Waals surface area contributed by atoms with Gasteiger partial charge in [-0.2, -0.15) is 0 Å². The fourth-order valence-corrected chi connectivity index (χ4v) is 3.71. The summed E-state index contributed by atoms with van der Waals surface area (Å²) in [6.07, 6.45) is 5.71. The first-order valence-electron chi connectivity index (χ1n) is 8.96. The van der Waals surface area contributed by atoms with Crippen molar-refractivity contribution in [1.82, 2.24) is 15.1 Å². The molecule has 2 aliphatic rings. The van der Waals surface area contributed by atoms with Crippen molar-refractivity contribution in [2.45, 2.75) is 58.4 Å². The molecule has 0 saturated carbocycles. The highest BCUT2D eigenvalue weighted by Crippen LogP contribution is 2.23. The second-order valence-electron chi connectivity index (χ2n) is 6.49. The van der Waals surface area contributed by atoms with Gasteiger partial charge in [-0.05, 0) is 65.0 Å². The summed E-state index contributed by atoms with van der Waals surface area (Å²) in [5.41, 5.74) is 0. The molecule has 5 heteroatoms. The van der Waals surface area contributed by atoms with Crippen LogP contribution in [0.3, 0.4) is 0 Å². The average Bonchev–Trinajstić information content (AvgIpc) is 3.04. The molecule has 2 fully saturated rings. The van der Waals surface area contributed by atoms with Gasteiger partial charge in [0.15, 0.2) is 0 Å². The summed E-state index contributed by atoms with van der Waals surface area (Å²) in [4.78, 5) is 28.8. The SMILES string of the molecule is CCN(CC)C(=O)C1CCCN1C(=O)CCC1CCNCC1. The minimum Gasteiger partial charge on any atom is -0.341 e. The molecule has 1 unspecified atom stereocenters. The fraction of sp³-hybridized carbons (Fsp3) is 0.882. The Labute approximate surface area is 134 Å². The second-order valence-corrected chi connectivity index (χ2v) is 6.49. The lowest BCUT2D eigenvalue weighted by Crippen LogP contribution is -2.47. The van der Waals surface area contributed by atoms with Crippen LogP contribution < -0.4 is 5.32 Å². The number of hydrogen-bond donors (Lipinski definition) is 1. The Bertz CT molecular complexity index is 376. The zero-order valence-electron chi connectivity index (χ0n) is 14.1. The van der Waals surface area contributed by atoms with Crippen LogP contribution in [-0.2, 0) is 9.59 Å². The van der Waals surface area contributed by atoms with Crippen molar-refractivity contribution in [3.8, 4) is 0 Å². The molecule has 22 heavy (non-hydrogen) atoms. The lowest BCUT2D eigenvalue weighted by Gasteiger charge is -2.30. The van der Waals surface area contributed by atoms with E-state index in [1.54, 1.807) is 0 Å². The van der Waals surface area contributed by atoms with E-state index < -0.39 is 0 Å². The molecule has 1 N–H and O–H groups in total. The van der Waals surface area contributed by atoms with Crippen molar-refractivity contribution >= 4 is 11.8 Å². The van der Waals surface area contributed by atoms with E-state index in [2.05, 4.69) is 5.32 Å². The number of carbonyl (C=O) groups excluding carboxylic acids is 2. The Morgan fingerprint density at radius 3 is 2.45 bits per heavy atom. The smallest absolute Gasteiger partial charge is 0.245 e. The number of hydrogen-bond acceptors (Lipinski definition) is 3. The number of likely N-dealkylation sites (tertiary alicyclic amines) is 1. The molecular formula is C17H31N3O2. The summed E-state index contributed by atoms with van der Waals surface area (Å²) in [7, 11) is 0. The van der Waals surface area contributed by atoms with Gasteiger partial charge in [-0.1, -0.05) is 0 Å². The van der Waals surface area contributed by atoms with Crippen LogP contribution in [0, 0.1) is 5.92 Å². The van der Waals surface area contributed by atoms with Crippen LogP contribution in [0.1, 0.15) is 52.4 Å². The third-order valence-corrected chi connectivity index (χ3v) is 5.16. The van der Waals surface area contributed by atoms with E-state index in [-0.39, 0.29) is 17.9 Å². The first-order chi connectivity index (χ1) is 10.7. The van der Waals surface area contributed by atoms with E-state index in [4.69, 9.17) is 0 Å². The lowest BCUT2D eigenvalue weighted by molar-refractivity contribution is -0.143. The highest BCUT2D eigenvalue weighted by Gasteiger charge is 2.35. The maximum absolute atomic E-state index is 12.6. The van der Waals surface area contributed by atoms with Gasteiger partial charge in [0.25, 0.3) is 0 Å². The van der Waals surface area contributed by atoms with Gasteiger partial charge in [-0.25, -0.2) is 0 Å². The Morgan fingerprint density at radius 2 is 1.82 bits per heavy atom. The fourth-order valence-electron chi connectivity index (χ4n) is 3.71. The first-order valence-corrected chi connectivity index (χ1v) is 8.96. The molecule has 2 rings (SSSR count). The van der Waals surface area contributed by atoms with Gasteiger partial charge < -0.3 is 15.1 Å². The van der Waals surface area contributed by atoms with Crippen LogP contribution in [0.25, 0.3) is 0 Å². The summed E-state index contributed by atoms with van der Waals surface area (Å²) in [5.74, 6) is 0.990. The topological polar surface area (TPSA) is 52.7 Å². The van der Waals surface area contributed by atoms with Crippen molar-refractivity contribution in [1.29, 1.82) is 0 Å². The predicted octanol–water partition coefficient (Wildman–Crippen LogP) is 1.63. The number of amides is 2. The van der Waals surface area contributed by atoms with Crippen LogP contribution in [0.15, 0.2) is 0 Å². The first kappa shape index (κ1) is 17.3. The minimum absolute atomic E-state index is 0.137. The molecule has 0 aliphatic carbocycles. The minimum atomic E-state index is -0.208. The van der Waals surface area contributed by atoms with Crippen molar-refractivity contribution in [3.63, 3.8) is 0 Å². The van der Waals surface area contributed by atoms with E-state index in [1.807, 2.05) is 23.6 Å². The van der Waals surface area contributed by atoms with Crippen molar-refractivity contribution in [3.05, 3.63) is 0 Å². The summed E-state index contributed by atoms with van der Waals surface area (Å²) >= 11 is 0. The van der Waals surface area contributed by atoms with Gasteiger partial charge in [0.1, 0.15) is 6.04 Å². The maximum atomic E-state index is 12.6. The van der Waals surface area contributed by atoms with Crippen LogP contribution >= 0.6 is 0 Å². The number of carbonyl (C=O) groups is 2. The molecule has 0 aromatic heterocycles. The number of likely N-dealkylation sites (N-methyl/N-ethyl adjacent to an activating group) is 1. The van der Waals surface area contributed by atoms with Gasteiger partial charge in [0.2, 0.25) is 11.8 Å². The molecule has 2 amide bonds. The molecule has 0 bridgehead atoms. The number of piperidine rings is 1. The van der Waals surface area contributed by atoms with E-state index in [0.29, 0.717) is 12.3 Å². The zero-order valence-corrected chi connectivity index (χ0v) is 14.1.